The molecule has 134 valence electrons. The van der Waals surface area contributed by atoms with E-state index in [4.69, 9.17) is 16.3 Å². The predicted octanol–water partition coefficient (Wildman–Crippen LogP) is 5.76. The highest BCUT2D eigenvalue weighted by molar-refractivity contribution is 6.33. The summed E-state index contributed by atoms with van der Waals surface area (Å²) in [5, 5.41) is 0.335. The molecule has 0 N–H and O–H groups in total. The zero-order valence-corrected chi connectivity index (χ0v) is 15.4. The maximum absolute atomic E-state index is 12.2. The Balaban J connectivity index is 1.72. The van der Waals surface area contributed by atoms with Gasteiger partial charge in [0.2, 0.25) is 0 Å². The molecule has 0 saturated carbocycles. The van der Waals surface area contributed by atoms with Gasteiger partial charge in [-0.25, -0.2) is 4.79 Å². The topological polar surface area (TPSA) is 43.4 Å². The monoisotopic (exact) mass is 376 g/mol. The van der Waals surface area contributed by atoms with E-state index in [0.717, 1.165) is 11.1 Å². The summed E-state index contributed by atoms with van der Waals surface area (Å²) in [6.07, 6.45) is 3.19. The molecule has 0 aliphatic heterocycles. The zero-order chi connectivity index (χ0) is 19.2. The standard InChI is InChI=1S/C23H17ClO3/c1-16-9-12-18(13-10-16)22(25)14-11-17-5-4-6-19(15-17)27-23(26)20-7-2-3-8-21(20)24/h2-15H,1H3. The highest BCUT2D eigenvalue weighted by atomic mass is 35.5. The molecule has 27 heavy (non-hydrogen) atoms. The first kappa shape index (κ1) is 18.6. The first-order chi connectivity index (χ1) is 13.0. The molecule has 0 aromatic heterocycles. The highest BCUT2D eigenvalue weighted by Gasteiger charge is 2.12. The van der Waals surface area contributed by atoms with Crippen LogP contribution in [0.1, 0.15) is 31.8 Å². The molecule has 0 saturated heterocycles. The number of hydrogen-bond donors (Lipinski definition) is 0. The molecule has 3 aromatic rings. The summed E-state index contributed by atoms with van der Waals surface area (Å²) >= 11 is 6.02. The van der Waals surface area contributed by atoms with Crippen molar-refractivity contribution in [2.75, 3.05) is 0 Å². The van der Waals surface area contributed by atoms with Gasteiger partial charge in [0.15, 0.2) is 5.78 Å². The number of hydrogen-bond acceptors (Lipinski definition) is 3. The van der Waals surface area contributed by atoms with Gasteiger partial charge in [-0.1, -0.05) is 71.8 Å². The molecule has 3 rings (SSSR count). The Labute approximate surface area is 162 Å². The SMILES string of the molecule is Cc1ccc(C(=O)C=Cc2cccc(OC(=O)c3ccccc3Cl)c2)cc1. The van der Waals surface area contributed by atoms with E-state index in [1.807, 2.05) is 25.1 Å². The van der Waals surface area contributed by atoms with E-state index in [0.29, 0.717) is 21.9 Å². The minimum atomic E-state index is -0.530. The molecule has 0 atom stereocenters. The molecule has 0 aliphatic rings. The molecular weight excluding hydrogens is 360 g/mol. The quantitative estimate of drug-likeness (QED) is 0.246. The average Bonchev–Trinajstić information content (AvgIpc) is 2.67. The number of carbonyl (C=O) groups is 2. The van der Waals surface area contributed by atoms with E-state index in [-0.39, 0.29) is 5.78 Å². The third kappa shape index (κ3) is 4.93. The molecule has 0 radical (unpaired) electrons. The third-order valence-corrected chi connectivity index (χ3v) is 4.26. The minimum Gasteiger partial charge on any atom is -0.423 e. The van der Waals surface area contributed by atoms with Crippen molar-refractivity contribution in [3.63, 3.8) is 0 Å². The van der Waals surface area contributed by atoms with E-state index in [1.54, 1.807) is 60.7 Å². The second kappa shape index (κ2) is 8.47. The minimum absolute atomic E-state index is 0.0894. The van der Waals surface area contributed by atoms with Gasteiger partial charge in [-0.15, -0.1) is 0 Å². The van der Waals surface area contributed by atoms with Crippen LogP contribution >= 0.6 is 11.6 Å². The van der Waals surface area contributed by atoms with Gasteiger partial charge in [-0.2, -0.15) is 0 Å². The van der Waals surface area contributed by atoms with E-state index < -0.39 is 5.97 Å². The van der Waals surface area contributed by atoms with Crippen molar-refractivity contribution in [3.8, 4) is 5.75 Å². The van der Waals surface area contributed by atoms with Gasteiger partial charge in [-0.05, 0) is 42.8 Å². The van der Waals surface area contributed by atoms with Crippen LogP contribution in [-0.4, -0.2) is 11.8 Å². The number of halogens is 1. The average molecular weight is 377 g/mol. The third-order valence-electron chi connectivity index (χ3n) is 3.93. The number of ketones is 1. The van der Waals surface area contributed by atoms with Crippen LogP contribution in [0.2, 0.25) is 5.02 Å². The van der Waals surface area contributed by atoms with Gasteiger partial charge in [-0.3, -0.25) is 4.79 Å². The summed E-state index contributed by atoms with van der Waals surface area (Å²) in [6, 6.07) is 21.0. The Kier molecular flexibility index (Phi) is 5.84. The Bertz CT molecular complexity index is 1000. The largest absolute Gasteiger partial charge is 0.423 e. The van der Waals surface area contributed by atoms with Crippen molar-refractivity contribution >= 4 is 29.4 Å². The van der Waals surface area contributed by atoms with Gasteiger partial charge in [0, 0.05) is 5.56 Å². The lowest BCUT2D eigenvalue weighted by atomic mass is 10.1. The van der Waals surface area contributed by atoms with Crippen molar-refractivity contribution in [2.45, 2.75) is 6.92 Å². The van der Waals surface area contributed by atoms with E-state index in [1.165, 1.54) is 6.08 Å². The Morgan fingerprint density at radius 2 is 1.67 bits per heavy atom. The maximum atomic E-state index is 12.2. The van der Waals surface area contributed by atoms with Gasteiger partial charge >= 0.3 is 5.97 Å². The van der Waals surface area contributed by atoms with Crippen LogP contribution in [0.15, 0.2) is 78.9 Å². The highest BCUT2D eigenvalue weighted by Crippen LogP contribution is 2.20. The fourth-order valence-electron chi connectivity index (χ4n) is 2.46. The molecule has 0 fully saturated rings. The molecule has 0 aliphatic carbocycles. The van der Waals surface area contributed by atoms with E-state index >= 15 is 0 Å². The first-order valence-electron chi connectivity index (χ1n) is 8.39. The molecule has 3 aromatic carbocycles. The lowest BCUT2D eigenvalue weighted by Gasteiger charge is -2.06. The summed E-state index contributed by atoms with van der Waals surface area (Å²) < 4.78 is 5.38. The maximum Gasteiger partial charge on any atom is 0.345 e. The van der Waals surface area contributed by atoms with Crippen molar-refractivity contribution in [1.29, 1.82) is 0 Å². The molecule has 0 amide bonds. The number of ether oxygens (including phenoxy) is 1. The van der Waals surface area contributed by atoms with Gasteiger partial charge in [0.25, 0.3) is 0 Å². The molecule has 3 nitrogen and oxygen atoms in total. The summed E-state index contributed by atoms with van der Waals surface area (Å²) in [5.74, 6) is -0.240. The Morgan fingerprint density at radius 3 is 2.41 bits per heavy atom. The molecule has 0 heterocycles. The van der Waals surface area contributed by atoms with Crippen LogP contribution in [0.25, 0.3) is 6.08 Å². The molecule has 0 spiro atoms. The number of benzene rings is 3. The number of carbonyl (C=O) groups excluding carboxylic acids is 2. The van der Waals surface area contributed by atoms with E-state index in [2.05, 4.69) is 0 Å². The molecule has 0 unspecified atom stereocenters. The summed E-state index contributed by atoms with van der Waals surface area (Å²) in [6.45, 7) is 1.97. The number of allylic oxidation sites excluding steroid dienone is 1. The number of esters is 1. The number of aryl methyl sites for hydroxylation is 1. The van der Waals surface area contributed by atoms with Gasteiger partial charge < -0.3 is 4.74 Å². The Morgan fingerprint density at radius 1 is 0.926 bits per heavy atom. The van der Waals surface area contributed by atoms with E-state index in [9.17, 15) is 9.59 Å². The van der Waals surface area contributed by atoms with Crippen LogP contribution in [0.4, 0.5) is 0 Å². The van der Waals surface area contributed by atoms with Crippen LogP contribution < -0.4 is 4.74 Å². The predicted molar refractivity (Wildman–Crippen MR) is 107 cm³/mol. The number of rotatable bonds is 5. The van der Waals surface area contributed by atoms with Crippen LogP contribution in [0.5, 0.6) is 5.75 Å². The zero-order valence-electron chi connectivity index (χ0n) is 14.7. The summed E-state index contributed by atoms with van der Waals surface area (Å²) in [5.41, 5.74) is 2.77. The summed E-state index contributed by atoms with van der Waals surface area (Å²) in [7, 11) is 0. The fourth-order valence-corrected chi connectivity index (χ4v) is 2.67. The smallest absolute Gasteiger partial charge is 0.345 e. The van der Waals surface area contributed by atoms with Crippen LogP contribution in [0.3, 0.4) is 0 Å². The fraction of sp³-hybridized carbons (Fsp3) is 0.0435. The normalized spacial score (nSPS) is 10.7. The second-order valence-corrected chi connectivity index (χ2v) is 6.41. The van der Waals surface area contributed by atoms with Crippen molar-refractivity contribution < 1.29 is 14.3 Å². The molecular formula is C23H17ClO3. The first-order valence-corrected chi connectivity index (χ1v) is 8.76. The molecule has 0 bridgehead atoms. The van der Waals surface area contributed by atoms with Crippen molar-refractivity contribution in [1.82, 2.24) is 0 Å². The Hall–Kier alpha value is -3.17. The second-order valence-electron chi connectivity index (χ2n) is 6.01. The van der Waals surface area contributed by atoms with Crippen LogP contribution in [0, 0.1) is 6.92 Å². The lowest BCUT2D eigenvalue weighted by molar-refractivity contribution is 0.0734. The van der Waals surface area contributed by atoms with Crippen molar-refractivity contribution in [3.05, 3.63) is 106 Å². The molecule has 4 heteroatoms. The lowest BCUT2D eigenvalue weighted by Crippen LogP contribution is -2.09. The van der Waals surface area contributed by atoms with Gasteiger partial charge in [0.1, 0.15) is 5.75 Å². The van der Waals surface area contributed by atoms with Crippen LogP contribution in [-0.2, 0) is 0 Å². The van der Waals surface area contributed by atoms with Gasteiger partial charge in [0.05, 0.1) is 10.6 Å². The van der Waals surface area contributed by atoms with Crippen molar-refractivity contribution in [2.24, 2.45) is 0 Å². The summed E-state index contributed by atoms with van der Waals surface area (Å²) in [4.78, 5) is 24.5.